The van der Waals surface area contributed by atoms with Crippen molar-refractivity contribution < 1.29 is 9.50 Å². The summed E-state index contributed by atoms with van der Waals surface area (Å²) in [5, 5.41) is 20.8. The maximum atomic E-state index is 13.5. The van der Waals surface area contributed by atoms with E-state index in [1.54, 1.807) is 24.4 Å². The molecule has 1 aliphatic rings. The molecule has 0 fully saturated rings. The van der Waals surface area contributed by atoms with E-state index in [1.807, 2.05) is 10.7 Å². The van der Waals surface area contributed by atoms with E-state index in [1.165, 1.54) is 6.07 Å². The van der Waals surface area contributed by atoms with Crippen molar-refractivity contribution in [2.75, 3.05) is 25.0 Å². The lowest BCUT2D eigenvalue weighted by Crippen LogP contribution is -2.36. The Morgan fingerprint density at radius 1 is 1.43 bits per heavy atom. The fourth-order valence-electron chi connectivity index (χ4n) is 2.60. The molecule has 0 bridgehead atoms. The molecule has 0 amide bonds. The number of aliphatic hydroxyl groups excluding tert-OH is 1. The molecule has 0 saturated heterocycles. The molecular weight excluding hydrogens is 271 g/mol. The normalized spacial score (nSPS) is 18.9. The lowest BCUT2D eigenvalue weighted by Gasteiger charge is -2.25. The minimum Gasteiger partial charge on any atom is -0.387 e. The summed E-state index contributed by atoms with van der Waals surface area (Å²) in [4.78, 5) is 0. The Bertz CT molecular complexity index is 601. The molecule has 6 heteroatoms. The van der Waals surface area contributed by atoms with Gasteiger partial charge in [0.1, 0.15) is 11.6 Å². The summed E-state index contributed by atoms with van der Waals surface area (Å²) in [5.41, 5.74) is 0.334. The predicted molar refractivity (Wildman–Crippen MR) is 78.4 cm³/mol. The van der Waals surface area contributed by atoms with Gasteiger partial charge in [0.25, 0.3) is 0 Å². The molecule has 2 atom stereocenters. The molecule has 0 unspecified atom stereocenters. The van der Waals surface area contributed by atoms with Crippen molar-refractivity contribution in [3.8, 4) is 0 Å². The van der Waals surface area contributed by atoms with Crippen LogP contribution in [-0.2, 0) is 6.54 Å². The van der Waals surface area contributed by atoms with Crippen molar-refractivity contribution in [2.45, 2.75) is 12.6 Å². The molecule has 1 aromatic carbocycles. The molecular formula is C15H19FN4O. The number of aromatic nitrogens is 2. The van der Waals surface area contributed by atoms with E-state index in [4.69, 9.17) is 0 Å². The van der Waals surface area contributed by atoms with Gasteiger partial charge in [-0.1, -0.05) is 18.2 Å². The van der Waals surface area contributed by atoms with Gasteiger partial charge in [-0.25, -0.2) is 9.07 Å². The molecule has 5 nitrogen and oxygen atoms in total. The monoisotopic (exact) mass is 290 g/mol. The first-order valence-corrected chi connectivity index (χ1v) is 7.13. The van der Waals surface area contributed by atoms with Crippen molar-refractivity contribution in [1.29, 1.82) is 0 Å². The van der Waals surface area contributed by atoms with E-state index in [0.29, 0.717) is 18.0 Å². The fraction of sp³-hybridized carbons (Fsp3) is 0.400. The Balaban J connectivity index is 1.48. The molecule has 1 aliphatic heterocycles. The van der Waals surface area contributed by atoms with Crippen LogP contribution in [0.15, 0.2) is 36.5 Å². The average Bonchev–Trinajstić information content (AvgIpc) is 2.95. The average molecular weight is 290 g/mol. The van der Waals surface area contributed by atoms with Gasteiger partial charge in [0.2, 0.25) is 0 Å². The van der Waals surface area contributed by atoms with Crippen LogP contribution in [0.3, 0.4) is 0 Å². The van der Waals surface area contributed by atoms with Gasteiger partial charge in [0.15, 0.2) is 0 Å². The van der Waals surface area contributed by atoms with E-state index < -0.39 is 6.10 Å². The first-order valence-electron chi connectivity index (χ1n) is 7.13. The molecule has 2 heterocycles. The van der Waals surface area contributed by atoms with Crippen molar-refractivity contribution in [3.63, 3.8) is 0 Å². The Morgan fingerprint density at radius 3 is 3.14 bits per heavy atom. The maximum Gasteiger partial charge on any atom is 0.129 e. The highest BCUT2D eigenvalue weighted by Crippen LogP contribution is 2.17. The highest BCUT2D eigenvalue weighted by Gasteiger charge is 2.18. The van der Waals surface area contributed by atoms with E-state index in [0.717, 1.165) is 25.5 Å². The SMILES string of the molecule is O[C@@H](CNC[C@@H]1CNc2ccnn2C1)c1ccccc1F. The summed E-state index contributed by atoms with van der Waals surface area (Å²) in [6, 6.07) is 8.27. The van der Waals surface area contributed by atoms with Gasteiger partial charge < -0.3 is 15.7 Å². The van der Waals surface area contributed by atoms with Crippen LogP contribution in [0.5, 0.6) is 0 Å². The molecule has 112 valence electrons. The van der Waals surface area contributed by atoms with Crippen molar-refractivity contribution >= 4 is 5.82 Å². The highest BCUT2D eigenvalue weighted by atomic mass is 19.1. The number of nitrogens with zero attached hydrogens (tertiary/aromatic N) is 2. The fourth-order valence-corrected chi connectivity index (χ4v) is 2.60. The molecule has 0 aliphatic carbocycles. The minimum atomic E-state index is -0.831. The minimum absolute atomic E-state index is 0.334. The zero-order chi connectivity index (χ0) is 14.7. The molecule has 2 aromatic rings. The third kappa shape index (κ3) is 3.22. The molecule has 21 heavy (non-hydrogen) atoms. The molecule has 0 saturated carbocycles. The van der Waals surface area contributed by atoms with Crippen LogP contribution in [0.2, 0.25) is 0 Å². The second kappa shape index (κ2) is 6.24. The van der Waals surface area contributed by atoms with E-state index >= 15 is 0 Å². The topological polar surface area (TPSA) is 62.1 Å². The van der Waals surface area contributed by atoms with E-state index in [2.05, 4.69) is 15.7 Å². The van der Waals surface area contributed by atoms with Crippen LogP contribution in [0, 0.1) is 11.7 Å². The van der Waals surface area contributed by atoms with Crippen LogP contribution >= 0.6 is 0 Å². The molecule has 0 radical (unpaired) electrons. The van der Waals surface area contributed by atoms with Crippen LogP contribution in [0.4, 0.5) is 10.2 Å². The molecule has 3 N–H and O–H groups in total. The van der Waals surface area contributed by atoms with Crippen molar-refractivity contribution in [2.24, 2.45) is 5.92 Å². The standard InChI is InChI=1S/C15H19FN4O/c16-13-4-2-1-3-12(13)14(21)9-17-7-11-8-18-15-5-6-19-20(15)10-11/h1-6,11,14,17-18,21H,7-10H2/t11-,14+/m1/s1. The third-order valence-corrected chi connectivity index (χ3v) is 3.75. The predicted octanol–water partition coefficient (Wildman–Crippen LogP) is 1.39. The number of benzene rings is 1. The zero-order valence-corrected chi connectivity index (χ0v) is 11.7. The number of hydrogen-bond acceptors (Lipinski definition) is 4. The summed E-state index contributed by atoms with van der Waals surface area (Å²) in [7, 11) is 0. The maximum absolute atomic E-state index is 13.5. The van der Waals surface area contributed by atoms with Crippen LogP contribution < -0.4 is 10.6 Å². The number of anilines is 1. The van der Waals surface area contributed by atoms with Crippen LogP contribution in [0.25, 0.3) is 0 Å². The second-order valence-electron chi connectivity index (χ2n) is 5.34. The van der Waals surface area contributed by atoms with Gasteiger partial charge in [-0.2, -0.15) is 5.10 Å². The van der Waals surface area contributed by atoms with Gasteiger partial charge in [0.05, 0.1) is 12.3 Å². The third-order valence-electron chi connectivity index (χ3n) is 3.75. The van der Waals surface area contributed by atoms with Gasteiger partial charge >= 0.3 is 0 Å². The quantitative estimate of drug-likeness (QED) is 0.779. The van der Waals surface area contributed by atoms with Crippen molar-refractivity contribution in [1.82, 2.24) is 15.1 Å². The van der Waals surface area contributed by atoms with Gasteiger partial charge in [-0.05, 0) is 6.07 Å². The van der Waals surface area contributed by atoms with E-state index in [9.17, 15) is 9.50 Å². The summed E-state index contributed by atoms with van der Waals surface area (Å²) >= 11 is 0. The first kappa shape index (κ1) is 14.0. The Kier molecular flexibility index (Phi) is 4.17. The zero-order valence-electron chi connectivity index (χ0n) is 11.7. The number of rotatable bonds is 5. The molecule has 3 rings (SSSR count). The van der Waals surface area contributed by atoms with Gasteiger partial charge in [-0.3, -0.25) is 0 Å². The summed E-state index contributed by atoms with van der Waals surface area (Å²) in [6.45, 7) is 2.80. The summed E-state index contributed by atoms with van der Waals surface area (Å²) < 4.78 is 15.5. The number of nitrogens with one attached hydrogen (secondary N) is 2. The summed E-state index contributed by atoms with van der Waals surface area (Å²) in [6.07, 6.45) is 0.947. The van der Waals surface area contributed by atoms with E-state index in [-0.39, 0.29) is 5.82 Å². The van der Waals surface area contributed by atoms with Gasteiger partial charge in [0, 0.05) is 43.7 Å². The Hall–Kier alpha value is -1.92. The smallest absolute Gasteiger partial charge is 0.129 e. The van der Waals surface area contributed by atoms with Crippen molar-refractivity contribution in [3.05, 3.63) is 47.9 Å². The van der Waals surface area contributed by atoms with Gasteiger partial charge in [-0.15, -0.1) is 0 Å². The number of halogens is 1. The lowest BCUT2D eigenvalue weighted by atomic mass is 10.1. The lowest BCUT2D eigenvalue weighted by molar-refractivity contribution is 0.167. The summed E-state index contributed by atoms with van der Waals surface area (Å²) in [5.74, 6) is 1.06. The Morgan fingerprint density at radius 2 is 2.29 bits per heavy atom. The second-order valence-corrected chi connectivity index (χ2v) is 5.34. The van der Waals surface area contributed by atoms with Crippen LogP contribution in [-0.4, -0.2) is 34.5 Å². The molecule has 0 spiro atoms. The number of hydrogen-bond donors (Lipinski definition) is 3. The largest absolute Gasteiger partial charge is 0.387 e. The highest BCUT2D eigenvalue weighted by molar-refractivity contribution is 5.35. The number of fused-ring (bicyclic) bond motifs is 1. The first-order chi connectivity index (χ1) is 10.2. The Labute approximate surface area is 122 Å². The molecule has 1 aromatic heterocycles. The van der Waals surface area contributed by atoms with Crippen LogP contribution in [0.1, 0.15) is 11.7 Å². The number of aliphatic hydroxyl groups is 1.